The fourth-order valence-corrected chi connectivity index (χ4v) is 2.74. The molecule has 1 aromatic rings. The molecule has 4 heteroatoms. The molecule has 104 valence electrons. The molecule has 1 fully saturated rings. The fraction of sp³-hybridized carbons (Fsp3) is 0.533. The first kappa shape index (κ1) is 13.9. The first-order valence-corrected chi connectivity index (χ1v) is 6.71. The van der Waals surface area contributed by atoms with Crippen molar-refractivity contribution in [3.05, 3.63) is 29.3 Å². The van der Waals surface area contributed by atoms with Gasteiger partial charge >= 0.3 is 0 Å². The van der Waals surface area contributed by atoms with Crippen molar-refractivity contribution in [3.63, 3.8) is 0 Å². The fourth-order valence-electron chi connectivity index (χ4n) is 2.74. The molecule has 1 amide bonds. The first-order valence-electron chi connectivity index (χ1n) is 6.71. The van der Waals surface area contributed by atoms with Crippen molar-refractivity contribution in [2.75, 3.05) is 33.7 Å². The maximum absolute atomic E-state index is 12.4. The molecule has 1 atom stereocenters. The summed E-state index contributed by atoms with van der Waals surface area (Å²) < 4.78 is 0. The van der Waals surface area contributed by atoms with Crippen LogP contribution >= 0.6 is 0 Å². The van der Waals surface area contributed by atoms with Gasteiger partial charge in [0.05, 0.1) is 0 Å². The van der Waals surface area contributed by atoms with Crippen molar-refractivity contribution in [2.24, 2.45) is 5.92 Å². The van der Waals surface area contributed by atoms with Gasteiger partial charge in [0, 0.05) is 25.7 Å². The molecule has 4 nitrogen and oxygen atoms in total. The van der Waals surface area contributed by atoms with Crippen LogP contribution in [0.15, 0.2) is 18.2 Å². The van der Waals surface area contributed by atoms with Crippen LogP contribution in [0.5, 0.6) is 5.75 Å². The summed E-state index contributed by atoms with van der Waals surface area (Å²) in [5, 5.41) is 9.39. The molecular weight excluding hydrogens is 240 g/mol. The van der Waals surface area contributed by atoms with Crippen molar-refractivity contribution in [1.29, 1.82) is 0 Å². The average Bonchev–Trinajstić information content (AvgIpc) is 2.74. The summed E-state index contributed by atoms with van der Waals surface area (Å²) in [4.78, 5) is 16.5. The molecule has 0 spiro atoms. The van der Waals surface area contributed by atoms with Crippen LogP contribution in [-0.4, -0.2) is 54.5 Å². The van der Waals surface area contributed by atoms with Gasteiger partial charge in [-0.1, -0.05) is 0 Å². The van der Waals surface area contributed by atoms with Crippen LogP contribution in [0.25, 0.3) is 0 Å². The van der Waals surface area contributed by atoms with Crippen LogP contribution in [0.2, 0.25) is 0 Å². The molecule has 2 rings (SSSR count). The van der Waals surface area contributed by atoms with Gasteiger partial charge in [-0.05, 0) is 56.6 Å². The molecule has 1 N–H and O–H groups in total. The second-order valence-corrected chi connectivity index (χ2v) is 5.60. The Hall–Kier alpha value is -1.55. The number of aryl methyl sites for hydroxylation is 1. The maximum Gasteiger partial charge on any atom is 0.253 e. The number of likely N-dealkylation sites (tertiary alicyclic amines) is 1. The Morgan fingerprint density at radius 2 is 2.26 bits per heavy atom. The van der Waals surface area contributed by atoms with Gasteiger partial charge in [-0.2, -0.15) is 0 Å². The van der Waals surface area contributed by atoms with E-state index in [0.717, 1.165) is 31.6 Å². The van der Waals surface area contributed by atoms with Gasteiger partial charge in [0.15, 0.2) is 0 Å². The third-order valence-electron chi connectivity index (χ3n) is 3.81. The van der Waals surface area contributed by atoms with E-state index in [-0.39, 0.29) is 11.7 Å². The molecule has 1 aliphatic heterocycles. The van der Waals surface area contributed by atoms with Crippen molar-refractivity contribution >= 4 is 5.91 Å². The Morgan fingerprint density at radius 1 is 1.53 bits per heavy atom. The normalized spacial score (nSPS) is 19.6. The molecule has 1 unspecified atom stereocenters. The van der Waals surface area contributed by atoms with E-state index in [2.05, 4.69) is 11.9 Å². The molecule has 1 saturated heterocycles. The van der Waals surface area contributed by atoms with Gasteiger partial charge in [0.1, 0.15) is 5.75 Å². The summed E-state index contributed by atoms with van der Waals surface area (Å²) in [6.45, 7) is 4.82. The largest absolute Gasteiger partial charge is 0.508 e. The van der Waals surface area contributed by atoms with E-state index in [1.165, 1.54) is 0 Å². The van der Waals surface area contributed by atoms with Crippen molar-refractivity contribution < 1.29 is 9.90 Å². The third kappa shape index (κ3) is 3.26. The number of hydrogen-bond acceptors (Lipinski definition) is 3. The van der Waals surface area contributed by atoms with Crippen LogP contribution < -0.4 is 0 Å². The quantitative estimate of drug-likeness (QED) is 0.902. The Labute approximate surface area is 114 Å². The summed E-state index contributed by atoms with van der Waals surface area (Å²) in [6, 6.07) is 4.89. The third-order valence-corrected chi connectivity index (χ3v) is 3.81. The lowest BCUT2D eigenvalue weighted by Crippen LogP contribution is -2.33. The number of benzene rings is 1. The number of carbonyl (C=O) groups excluding carboxylic acids is 1. The van der Waals surface area contributed by atoms with Crippen LogP contribution in [-0.2, 0) is 0 Å². The topological polar surface area (TPSA) is 43.8 Å². The van der Waals surface area contributed by atoms with E-state index >= 15 is 0 Å². The minimum absolute atomic E-state index is 0.0343. The molecule has 0 aromatic heterocycles. The van der Waals surface area contributed by atoms with E-state index in [1.54, 1.807) is 23.1 Å². The Morgan fingerprint density at radius 3 is 2.84 bits per heavy atom. The van der Waals surface area contributed by atoms with Crippen molar-refractivity contribution in [3.8, 4) is 5.75 Å². The number of phenolic OH excluding ortho intramolecular Hbond substituents is 1. The van der Waals surface area contributed by atoms with Crippen LogP contribution in [0.1, 0.15) is 22.3 Å². The molecule has 1 aliphatic rings. The predicted octanol–water partition coefficient (Wildman–Crippen LogP) is 1.72. The van der Waals surface area contributed by atoms with Gasteiger partial charge in [0.2, 0.25) is 0 Å². The summed E-state index contributed by atoms with van der Waals surface area (Å²) >= 11 is 0. The minimum Gasteiger partial charge on any atom is -0.508 e. The van der Waals surface area contributed by atoms with Crippen LogP contribution in [0.3, 0.4) is 0 Å². The van der Waals surface area contributed by atoms with Crippen LogP contribution in [0.4, 0.5) is 0 Å². The lowest BCUT2D eigenvalue weighted by molar-refractivity contribution is 0.0773. The Kier molecular flexibility index (Phi) is 4.10. The summed E-state index contributed by atoms with van der Waals surface area (Å²) in [5.74, 6) is 0.803. The van der Waals surface area contributed by atoms with E-state index in [1.807, 2.05) is 14.0 Å². The number of hydrogen-bond donors (Lipinski definition) is 1. The smallest absolute Gasteiger partial charge is 0.253 e. The van der Waals surface area contributed by atoms with Crippen molar-refractivity contribution in [2.45, 2.75) is 13.3 Å². The summed E-state index contributed by atoms with van der Waals surface area (Å²) in [5.41, 5.74) is 1.49. The highest BCUT2D eigenvalue weighted by molar-refractivity contribution is 5.95. The lowest BCUT2D eigenvalue weighted by Gasteiger charge is -2.22. The molecule has 1 heterocycles. The van der Waals surface area contributed by atoms with Gasteiger partial charge in [-0.3, -0.25) is 4.79 Å². The zero-order valence-electron chi connectivity index (χ0n) is 11.9. The SMILES string of the molecule is Cc1cc(O)ccc1C(=O)N(C)CC1CCN(C)C1. The second kappa shape index (κ2) is 5.61. The number of aromatic hydroxyl groups is 1. The predicted molar refractivity (Wildman–Crippen MR) is 75.4 cm³/mol. The van der Waals surface area contributed by atoms with Gasteiger partial charge in [-0.15, -0.1) is 0 Å². The number of rotatable bonds is 3. The van der Waals surface area contributed by atoms with Gasteiger partial charge in [0.25, 0.3) is 5.91 Å². The second-order valence-electron chi connectivity index (χ2n) is 5.60. The zero-order chi connectivity index (χ0) is 14.0. The van der Waals surface area contributed by atoms with Gasteiger partial charge in [-0.25, -0.2) is 0 Å². The number of nitrogens with zero attached hydrogens (tertiary/aromatic N) is 2. The monoisotopic (exact) mass is 262 g/mol. The number of phenols is 1. The molecule has 0 radical (unpaired) electrons. The molecule has 0 saturated carbocycles. The highest BCUT2D eigenvalue weighted by atomic mass is 16.3. The van der Waals surface area contributed by atoms with E-state index in [0.29, 0.717) is 11.5 Å². The Balaban J connectivity index is 2.02. The van der Waals surface area contributed by atoms with Crippen LogP contribution in [0, 0.1) is 12.8 Å². The van der Waals surface area contributed by atoms with Gasteiger partial charge < -0.3 is 14.9 Å². The maximum atomic E-state index is 12.4. The number of carbonyl (C=O) groups is 1. The molecule has 0 aliphatic carbocycles. The molecule has 0 bridgehead atoms. The Bertz CT molecular complexity index is 473. The lowest BCUT2D eigenvalue weighted by atomic mass is 10.1. The minimum atomic E-state index is 0.0343. The number of amides is 1. The van der Waals surface area contributed by atoms with E-state index in [9.17, 15) is 9.90 Å². The first-order chi connectivity index (χ1) is 8.97. The standard InChI is InChI=1S/C15H22N2O2/c1-11-8-13(18)4-5-14(11)15(19)17(3)10-12-6-7-16(2)9-12/h4-5,8,12,18H,6-7,9-10H2,1-3H3. The molecule has 19 heavy (non-hydrogen) atoms. The van der Waals surface area contributed by atoms with E-state index < -0.39 is 0 Å². The van der Waals surface area contributed by atoms with Crippen molar-refractivity contribution in [1.82, 2.24) is 9.80 Å². The summed E-state index contributed by atoms with van der Waals surface area (Å²) in [6.07, 6.45) is 1.16. The zero-order valence-corrected chi connectivity index (χ0v) is 11.9. The average molecular weight is 262 g/mol. The molecular formula is C15H22N2O2. The van der Waals surface area contributed by atoms with E-state index in [4.69, 9.17) is 0 Å². The highest BCUT2D eigenvalue weighted by Crippen LogP contribution is 2.19. The summed E-state index contributed by atoms with van der Waals surface area (Å²) in [7, 11) is 3.97. The highest BCUT2D eigenvalue weighted by Gasteiger charge is 2.23. The molecule has 1 aromatic carbocycles.